The van der Waals surface area contributed by atoms with Crippen LogP contribution in [0.15, 0.2) is 0 Å². The molecule has 1 amide bonds. The molecule has 0 aliphatic carbocycles. The summed E-state index contributed by atoms with van der Waals surface area (Å²) in [6.45, 7) is 2.41. The predicted molar refractivity (Wildman–Crippen MR) is 42.4 cm³/mol. The monoisotopic (exact) mass is 152 g/mol. The minimum absolute atomic E-state index is 0.108. The first-order valence-electron chi connectivity index (χ1n) is 3.74. The third-order valence-electron chi connectivity index (χ3n) is 1.79. The first-order valence-corrected chi connectivity index (χ1v) is 3.74. The lowest BCUT2D eigenvalue weighted by molar-refractivity contribution is -0.125. The summed E-state index contributed by atoms with van der Waals surface area (Å²) in [5, 5.41) is 0. The van der Waals surface area contributed by atoms with E-state index in [1.54, 1.807) is 11.8 Å². The smallest absolute Gasteiger partial charge is 0.299 e. The Labute approximate surface area is 66.5 Å². The summed E-state index contributed by atoms with van der Waals surface area (Å²) >= 11 is 0. The van der Waals surface area contributed by atoms with Crippen LogP contribution in [0.4, 0.5) is 0 Å². The number of nitrogens with two attached hydrogens (primary N) is 1. The van der Waals surface area contributed by atoms with Gasteiger partial charge in [-0.05, 0) is 25.7 Å². The molecule has 1 saturated heterocycles. The summed E-state index contributed by atoms with van der Waals surface area (Å²) in [6.07, 6.45) is 1.79. The number of carbonyl (C=O) groups is 1. The zero-order chi connectivity index (χ0) is 8.27. The molecule has 1 unspecified atom stereocenters. The lowest BCUT2D eigenvalue weighted by Gasteiger charge is -2.17. The molecule has 1 heterocycles. The van der Waals surface area contributed by atoms with Crippen LogP contribution < -0.4 is 5.73 Å². The van der Waals surface area contributed by atoms with Crippen molar-refractivity contribution in [3.05, 3.63) is 0 Å². The number of likely N-dealkylation sites (tertiary alicyclic amines) is 1. The fraction of sp³-hybridized carbons (Fsp3) is 0.625. The van der Waals surface area contributed by atoms with Crippen LogP contribution >= 0.6 is 0 Å². The fourth-order valence-electron chi connectivity index (χ4n) is 1.22. The maximum absolute atomic E-state index is 11.1. The van der Waals surface area contributed by atoms with Crippen LogP contribution in [0, 0.1) is 11.8 Å². The number of amides is 1. The van der Waals surface area contributed by atoms with Gasteiger partial charge in [0, 0.05) is 6.54 Å². The van der Waals surface area contributed by atoms with Crippen LogP contribution in [0.5, 0.6) is 0 Å². The van der Waals surface area contributed by atoms with Gasteiger partial charge in [-0.2, -0.15) is 0 Å². The van der Waals surface area contributed by atoms with Crippen molar-refractivity contribution in [3.63, 3.8) is 0 Å². The van der Waals surface area contributed by atoms with E-state index in [0.29, 0.717) is 0 Å². The first-order chi connectivity index (χ1) is 5.25. The molecular formula is C8H12N2O. The fourth-order valence-corrected chi connectivity index (χ4v) is 1.22. The highest BCUT2D eigenvalue weighted by molar-refractivity contribution is 5.93. The lowest BCUT2D eigenvalue weighted by Crippen LogP contribution is -2.40. The van der Waals surface area contributed by atoms with E-state index < -0.39 is 0 Å². The minimum Gasteiger partial charge on any atom is -0.317 e. The molecule has 1 rings (SSSR count). The summed E-state index contributed by atoms with van der Waals surface area (Å²) in [4.78, 5) is 12.7. The average molecular weight is 152 g/mol. The van der Waals surface area contributed by atoms with Gasteiger partial charge >= 0.3 is 0 Å². The average Bonchev–Trinajstić information content (AvgIpc) is 2.36. The van der Waals surface area contributed by atoms with Gasteiger partial charge in [0.05, 0.1) is 6.17 Å². The van der Waals surface area contributed by atoms with Crippen molar-refractivity contribution in [2.45, 2.75) is 25.9 Å². The predicted octanol–water partition coefficient (Wildman–Crippen LogP) is -0.0831. The number of rotatable bonds is 0. The van der Waals surface area contributed by atoms with E-state index in [2.05, 4.69) is 11.8 Å². The Kier molecular flexibility index (Phi) is 2.50. The molecule has 0 saturated carbocycles. The van der Waals surface area contributed by atoms with E-state index in [-0.39, 0.29) is 12.1 Å². The van der Waals surface area contributed by atoms with Crippen LogP contribution in [-0.2, 0) is 4.79 Å². The summed E-state index contributed by atoms with van der Waals surface area (Å²) in [7, 11) is 0. The van der Waals surface area contributed by atoms with Crippen molar-refractivity contribution in [1.82, 2.24) is 4.90 Å². The van der Waals surface area contributed by atoms with Gasteiger partial charge in [0.1, 0.15) is 0 Å². The molecule has 0 aromatic rings. The number of hydrogen-bond acceptors (Lipinski definition) is 2. The van der Waals surface area contributed by atoms with Gasteiger partial charge in [0.2, 0.25) is 0 Å². The molecule has 2 N–H and O–H groups in total. The SMILES string of the molecule is CC#CC(=O)N1CCCC1N. The molecule has 60 valence electrons. The maximum Gasteiger partial charge on any atom is 0.299 e. The molecule has 0 bridgehead atoms. The second-order valence-corrected chi connectivity index (χ2v) is 2.58. The second kappa shape index (κ2) is 3.40. The Balaban J connectivity index is 2.57. The van der Waals surface area contributed by atoms with Crippen molar-refractivity contribution < 1.29 is 4.79 Å². The van der Waals surface area contributed by atoms with Crippen molar-refractivity contribution in [1.29, 1.82) is 0 Å². The molecular weight excluding hydrogens is 140 g/mol. The Morgan fingerprint density at radius 1 is 1.73 bits per heavy atom. The largest absolute Gasteiger partial charge is 0.317 e. The molecule has 11 heavy (non-hydrogen) atoms. The van der Waals surface area contributed by atoms with Gasteiger partial charge in [-0.1, -0.05) is 5.92 Å². The van der Waals surface area contributed by atoms with Crippen LogP contribution in [0.1, 0.15) is 19.8 Å². The second-order valence-electron chi connectivity index (χ2n) is 2.58. The van der Waals surface area contributed by atoms with E-state index in [4.69, 9.17) is 5.73 Å². The number of hydrogen-bond donors (Lipinski definition) is 1. The van der Waals surface area contributed by atoms with Gasteiger partial charge in [-0.15, -0.1) is 0 Å². The Morgan fingerprint density at radius 2 is 2.45 bits per heavy atom. The highest BCUT2D eigenvalue weighted by Crippen LogP contribution is 2.11. The highest BCUT2D eigenvalue weighted by Gasteiger charge is 2.23. The van der Waals surface area contributed by atoms with Gasteiger partial charge in [-0.3, -0.25) is 4.79 Å². The summed E-state index contributed by atoms with van der Waals surface area (Å²) in [6, 6.07) is 0. The van der Waals surface area contributed by atoms with Crippen molar-refractivity contribution in [2.24, 2.45) is 5.73 Å². The molecule has 0 spiro atoms. The third kappa shape index (κ3) is 1.72. The van der Waals surface area contributed by atoms with Crippen molar-refractivity contribution >= 4 is 5.91 Å². The molecule has 3 nitrogen and oxygen atoms in total. The van der Waals surface area contributed by atoms with Crippen molar-refractivity contribution in [3.8, 4) is 11.8 Å². The standard InChI is InChI=1S/C8H12N2O/c1-2-4-8(11)10-6-3-5-7(10)9/h7H,3,5-6,9H2,1H3. The quantitative estimate of drug-likeness (QED) is 0.493. The third-order valence-corrected chi connectivity index (χ3v) is 1.79. The highest BCUT2D eigenvalue weighted by atomic mass is 16.2. The van der Waals surface area contributed by atoms with Crippen LogP contribution in [0.3, 0.4) is 0 Å². The molecule has 1 fully saturated rings. The topological polar surface area (TPSA) is 46.3 Å². The Hall–Kier alpha value is -1.01. The molecule has 0 aromatic heterocycles. The van der Waals surface area contributed by atoms with Crippen LogP contribution in [0.25, 0.3) is 0 Å². The zero-order valence-electron chi connectivity index (χ0n) is 6.63. The normalized spacial score (nSPS) is 22.7. The Bertz CT molecular complexity index is 214. The van der Waals surface area contributed by atoms with E-state index in [1.165, 1.54) is 0 Å². The molecule has 0 aromatic carbocycles. The van der Waals surface area contributed by atoms with Crippen LogP contribution in [-0.4, -0.2) is 23.5 Å². The summed E-state index contributed by atoms with van der Waals surface area (Å²) < 4.78 is 0. The molecule has 1 aliphatic heterocycles. The van der Waals surface area contributed by atoms with E-state index in [9.17, 15) is 4.79 Å². The minimum atomic E-state index is -0.141. The lowest BCUT2D eigenvalue weighted by atomic mass is 10.3. The van der Waals surface area contributed by atoms with Gasteiger partial charge in [0.25, 0.3) is 5.91 Å². The zero-order valence-corrected chi connectivity index (χ0v) is 6.63. The molecule has 0 radical (unpaired) electrons. The molecule has 1 aliphatic rings. The molecule has 3 heteroatoms. The molecule has 1 atom stereocenters. The van der Waals surface area contributed by atoms with Crippen molar-refractivity contribution in [2.75, 3.05) is 6.54 Å². The maximum atomic E-state index is 11.1. The Morgan fingerprint density at radius 3 is 2.91 bits per heavy atom. The van der Waals surface area contributed by atoms with E-state index in [0.717, 1.165) is 19.4 Å². The summed E-state index contributed by atoms with van der Waals surface area (Å²) in [5.74, 6) is 4.90. The van der Waals surface area contributed by atoms with Crippen LogP contribution in [0.2, 0.25) is 0 Å². The van der Waals surface area contributed by atoms with Gasteiger partial charge < -0.3 is 10.6 Å². The van der Waals surface area contributed by atoms with E-state index in [1.807, 2.05) is 0 Å². The van der Waals surface area contributed by atoms with Gasteiger partial charge in [0.15, 0.2) is 0 Å². The number of carbonyl (C=O) groups excluding carboxylic acids is 1. The number of nitrogens with zero attached hydrogens (tertiary/aromatic N) is 1. The summed E-state index contributed by atoms with van der Waals surface area (Å²) in [5.41, 5.74) is 5.65. The van der Waals surface area contributed by atoms with Gasteiger partial charge in [-0.25, -0.2) is 0 Å². The van der Waals surface area contributed by atoms with E-state index >= 15 is 0 Å². The first kappa shape index (κ1) is 8.09.